The second kappa shape index (κ2) is 1.80. The first kappa shape index (κ1) is 7.56. The molecule has 2 nitrogen and oxygen atoms in total. The monoisotopic (exact) mass is 156 g/mol. The van der Waals surface area contributed by atoms with Crippen molar-refractivity contribution in [3.8, 4) is 0 Å². The van der Waals surface area contributed by atoms with E-state index in [2.05, 4.69) is 13.8 Å². The molecular formula is C9H16O2. The molecule has 1 aliphatic heterocycles. The van der Waals surface area contributed by atoms with Crippen LogP contribution in [0, 0.1) is 5.92 Å². The zero-order chi connectivity index (χ0) is 8.28. The second-order valence-electron chi connectivity index (χ2n) is 4.67. The van der Waals surface area contributed by atoms with Crippen molar-refractivity contribution in [2.24, 2.45) is 5.92 Å². The first-order valence-corrected chi connectivity index (χ1v) is 4.32. The molecular weight excluding hydrogens is 140 g/mol. The van der Waals surface area contributed by atoms with Crippen LogP contribution in [-0.2, 0) is 4.74 Å². The van der Waals surface area contributed by atoms with E-state index in [4.69, 9.17) is 4.74 Å². The fourth-order valence-electron chi connectivity index (χ4n) is 2.55. The fraction of sp³-hybridized carbons (Fsp3) is 1.00. The Morgan fingerprint density at radius 2 is 2.00 bits per heavy atom. The average molecular weight is 156 g/mol. The van der Waals surface area contributed by atoms with Crippen LogP contribution in [0.5, 0.6) is 0 Å². The van der Waals surface area contributed by atoms with Gasteiger partial charge in [-0.25, -0.2) is 0 Å². The number of ether oxygens (including phenoxy) is 1. The highest BCUT2D eigenvalue weighted by Gasteiger charge is 2.58. The van der Waals surface area contributed by atoms with E-state index in [9.17, 15) is 5.11 Å². The predicted molar refractivity (Wildman–Crippen MR) is 42.3 cm³/mol. The Bertz CT molecular complexity index is 188. The first-order valence-electron chi connectivity index (χ1n) is 4.32. The molecule has 1 aliphatic carbocycles. The number of aliphatic hydroxyl groups is 1. The summed E-state index contributed by atoms with van der Waals surface area (Å²) in [7, 11) is 0. The van der Waals surface area contributed by atoms with Crippen molar-refractivity contribution in [3.05, 3.63) is 0 Å². The summed E-state index contributed by atoms with van der Waals surface area (Å²) >= 11 is 0. The van der Waals surface area contributed by atoms with E-state index in [0.29, 0.717) is 5.92 Å². The zero-order valence-electron chi connectivity index (χ0n) is 7.42. The van der Waals surface area contributed by atoms with Crippen LogP contribution < -0.4 is 0 Å². The second-order valence-corrected chi connectivity index (χ2v) is 4.67. The molecule has 0 amide bonds. The van der Waals surface area contributed by atoms with E-state index in [0.717, 1.165) is 12.8 Å². The van der Waals surface area contributed by atoms with Crippen molar-refractivity contribution < 1.29 is 9.84 Å². The van der Waals surface area contributed by atoms with E-state index in [1.165, 1.54) is 0 Å². The van der Waals surface area contributed by atoms with Crippen LogP contribution in [0.3, 0.4) is 0 Å². The Morgan fingerprint density at radius 3 is 2.27 bits per heavy atom. The van der Waals surface area contributed by atoms with Crippen molar-refractivity contribution in [1.82, 2.24) is 0 Å². The minimum atomic E-state index is -0.242. The summed E-state index contributed by atoms with van der Waals surface area (Å²) in [5.74, 6) is 0.558. The molecule has 1 N–H and O–H groups in total. The molecule has 2 fully saturated rings. The van der Waals surface area contributed by atoms with Gasteiger partial charge in [0.1, 0.15) is 0 Å². The molecule has 0 aromatic rings. The fourth-order valence-corrected chi connectivity index (χ4v) is 2.55. The van der Waals surface area contributed by atoms with Crippen molar-refractivity contribution in [2.75, 3.05) is 0 Å². The Labute approximate surface area is 67.6 Å². The Kier molecular flexibility index (Phi) is 1.24. The van der Waals surface area contributed by atoms with Gasteiger partial charge in [0.15, 0.2) is 0 Å². The zero-order valence-corrected chi connectivity index (χ0v) is 7.42. The highest BCUT2D eigenvalue weighted by Crippen LogP contribution is 2.52. The average Bonchev–Trinajstić information content (AvgIpc) is 2.16. The Morgan fingerprint density at radius 1 is 1.36 bits per heavy atom. The Balaban J connectivity index is 2.27. The van der Waals surface area contributed by atoms with Crippen molar-refractivity contribution in [2.45, 2.75) is 50.9 Å². The van der Waals surface area contributed by atoms with Crippen LogP contribution in [0.4, 0.5) is 0 Å². The standard InChI is InChI=1S/C9H16O2/c1-8(2)6-4-7(10)9(3,5-6)11-8/h6-7,10H,4-5H2,1-3H3/t6-,7-,9-/m1/s1. The third kappa shape index (κ3) is 0.859. The van der Waals surface area contributed by atoms with Crippen LogP contribution in [-0.4, -0.2) is 22.4 Å². The van der Waals surface area contributed by atoms with E-state index in [-0.39, 0.29) is 17.3 Å². The highest BCUT2D eigenvalue weighted by molar-refractivity contribution is 5.07. The summed E-state index contributed by atoms with van der Waals surface area (Å²) in [5, 5.41) is 9.59. The topological polar surface area (TPSA) is 29.5 Å². The van der Waals surface area contributed by atoms with Gasteiger partial charge in [0.25, 0.3) is 0 Å². The van der Waals surface area contributed by atoms with E-state index in [1.54, 1.807) is 0 Å². The third-order valence-corrected chi connectivity index (χ3v) is 3.34. The molecule has 1 saturated carbocycles. The van der Waals surface area contributed by atoms with Crippen LogP contribution >= 0.6 is 0 Å². The summed E-state index contributed by atoms with van der Waals surface area (Å²) in [6.45, 7) is 6.26. The predicted octanol–water partition coefficient (Wildman–Crippen LogP) is 1.32. The van der Waals surface area contributed by atoms with Crippen LogP contribution in [0.25, 0.3) is 0 Å². The lowest BCUT2D eigenvalue weighted by Crippen LogP contribution is -2.44. The first-order chi connectivity index (χ1) is 4.94. The summed E-state index contributed by atoms with van der Waals surface area (Å²) in [6.07, 6.45) is 1.71. The van der Waals surface area contributed by atoms with E-state index in [1.807, 2.05) is 6.92 Å². The SMILES string of the molecule is CC1(C)O[C@]2(C)C[C@H]1C[C@H]2O. The van der Waals surface area contributed by atoms with Crippen molar-refractivity contribution in [1.29, 1.82) is 0 Å². The van der Waals surface area contributed by atoms with Gasteiger partial charge in [-0.1, -0.05) is 0 Å². The molecule has 2 rings (SSSR count). The molecule has 64 valence electrons. The van der Waals surface area contributed by atoms with Gasteiger partial charge in [-0.05, 0) is 39.5 Å². The number of rotatable bonds is 0. The summed E-state index contributed by atoms with van der Waals surface area (Å²) in [6, 6.07) is 0. The van der Waals surface area contributed by atoms with Crippen LogP contribution in [0.15, 0.2) is 0 Å². The maximum absolute atomic E-state index is 9.59. The molecule has 0 aromatic heterocycles. The van der Waals surface area contributed by atoms with Crippen molar-refractivity contribution >= 4 is 0 Å². The highest BCUT2D eigenvalue weighted by atomic mass is 16.5. The van der Waals surface area contributed by atoms with Gasteiger partial charge in [-0.15, -0.1) is 0 Å². The molecule has 0 aromatic carbocycles. The molecule has 1 heterocycles. The van der Waals surface area contributed by atoms with Gasteiger partial charge in [0.05, 0.1) is 17.3 Å². The lowest BCUT2D eigenvalue weighted by atomic mass is 9.90. The smallest absolute Gasteiger partial charge is 0.0923 e. The summed E-state index contributed by atoms with van der Waals surface area (Å²) < 4.78 is 5.80. The van der Waals surface area contributed by atoms with Gasteiger partial charge < -0.3 is 9.84 Å². The number of aliphatic hydroxyl groups excluding tert-OH is 1. The third-order valence-electron chi connectivity index (χ3n) is 3.34. The van der Waals surface area contributed by atoms with Gasteiger partial charge >= 0.3 is 0 Å². The molecule has 3 atom stereocenters. The molecule has 2 bridgehead atoms. The summed E-state index contributed by atoms with van der Waals surface area (Å²) in [5.41, 5.74) is -0.248. The minimum absolute atomic E-state index is 0.00597. The molecule has 0 spiro atoms. The summed E-state index contributed by atoms with van der Waals surface area (Å²) in [4.78, 5) is 0. The Hall–Kier alpha value is -0.0800. The number of fused-ring (bicyclic) bond motifs is 2. The quantitative estimate of drug-likeness (QED) is 0.573. The maximum atomic E-state index is 9.59. The van der Waals surface area contributed by atoms with Crippen molar-refractivity contribution in [3.63, 3.8) is 0 Å². The van der Waals surface area contributed by atoms with Crippen LogP contribution in [0.1, 0.15) is 33.6 Å². The minimum Gasteiger partial charge on any atom is -0.390 e. The normalized spacial score (nSPS) is 53.5. The van der Waals surface area contributed by atoms with E-state index >= 15 is 0 Å². The molecule has 1 saturated heterocycles. The van der Waals surface area contributed by atoms with E-state index < -0.39 is 0 Å². The maximum Gasteiger partial charge on any atom is 0.0923 e. The number of hydrogen-bond acceptors (Lipinski definition) is 2. The van der Waals surface area contributed by atoms with Gasteiger partial charge in [0, 0.05) is 0 Å². The molecule has 0 radical (unpaired) electrons. The van der Waals surface area contributed by atoms with Gasteiger partial charge in [0.2, 0.25) is 0 Å². The molecule has 0 unspecified atom stereocenters. The molecule has 2 heteroatoms. The lowest BCUT2D eigenvalue weighted by Gasteiger charge is -2.37. The molecule has 2 aliphatic rings. The number of hydrogen-bond donors (Lipinski definition) is 1. The largest absolute Gasteiger partial charge is 0.390 e. The lowest BCUT2D eigenvalue weighted by molar-refractivity contribution is -0.165. The molecule has 11 heavy (non-hydrogen) atoms. The van der Waals surface area contributed by atoms with Gasteiger partial charge in [-0.2, -0.15) is 0 Å². The van der Waals surface area contributed by atoms with Gasteiger partial charge in [-0.3, -0.25) is 0 Å². The van der Waals surface area contributed by atoms with Crippen LogP contribution in [0.2, 0.25) is 0 Å².